The molecule has 7 N–H and O–H groups in total. The molecule has 0 aromatic rings. The number of ketones is 2. The molecule has 8 atom stereocenters. The maximum Gasteiger partial charge on any atom is 0.328 e. The van der Waals surface area contributed by atoms with E-state index in [0.717, 1.165) is 38.5 Å². The first-order chi connectivity index (χ1) is 33.7. The summed E-state index contributed by atoms with van der Waals surface area (Å²) in [6.45, 7) is 21.6. The van der Waals surface area contributed by atoms with Crippen molar-refractivity contribution in [3.63, 3.8) is 0 Å². The molecule has 18 nitrogen and oxygen atoms in total. The zero-order valence-electron chi connectivity index (χ0n) is 45.9. The molecule has 1 heterocycles. The third kappa shape index (κ3) is 27.2. The van der Waals surface area contributed by atoms with Gasteiger partial charge in [0, 0.05) is 25.2 Å². The van der Waals surface area contributed by atoms with Gasteiger partial charge in [0.2, 0.25) is 35.4 Å². The molecule has 0 aromatic carbocycles. The van der Waals surface area contributed by atoms with Crippen molar-refractivity contribution in [1.82, 2.24) is 31.9 Å². The van der Waals surface area contributed by atoms with E-state index in [2.05, 4.69) is 38.8 Å². The Hall–Kier alpha value is -4.90. The van der Waals surface area contributed by atoms with Gasteiger partial charge in [0.25, 0.3) is 0 Å². The number of ether oxygens (including phenoxy) is 1. The SMILES string of the molecule is CCCCCCCCCCCC1CC(=O)NC(CCC(=O)O)C(=O)NC(CC(C)C)C(=O)NC(CC(C)C)C(=O)CC(C(C)C)C(=O)NC(CC(C)=O)C(=O)NC(CC(C)C)C(=O)NC(CC(C)C)C(=O)O1. The van der Waals surface area contributed by atoms with Gasteiger partial charge in [-0.3, -0.25) is 43.2 Å². The smallest absolute Gasteiger partial charge is 0.328 e. The van der Waals surface area contributed by atoms with E-state index in [-0.39, 0.29) is 68.6 Å². The lowest BCUT2D eigenvalue weighted by atomic mass is 9.86. The fraction of sp³-hybridized carbons (Fsp3) is 0.815. The van der Waals surface area contributed by atoms with Crippen LogP contribution in [-0.4, -0.2) is 106 Å². The lowest BCUT2D eigenvalue weighted by Crippen LogP contribution is -2.57. The highest BCUT2D eigenvalue weighted by molar-refractivity contribution is 5.98. The quantitative estimate of drug-likeness (QED) is 0.0409. The van der Waals surface area contributed by atoms with Crippen LogP contribution >= 0.6 is 0 Å². The molecule has 1 fully saturated rings. The Morgan fingerprint density at radius 3 is 1.40 bits per heavy atom. The molecule has 0 bridgehead atoms. The third-order valence-corrected chi connectivity index (χ3v) is 12.7. The number of cyclic esters (lactones) is 1. The molecule has 412 valence electrons. The van der Waals surface area contributed by atoms with Crippen LogP contribution < -0.4 is 31.9 Å². The average molecular weight is 1020 g/mol. The zero-order chi connectivity index (χ0) is 54.7. The Labute approximate surface area is 430 Å². The van der Waals surface area contributed by atoms with Gasteiger partial charge in [-0.15, -0.1) is 0 Å². The predicted octanol–water partition coefficient (Wildman–Crippen LogP) is 6.39. The summed E-state index contributed by atoms with van der Waals surface area (Å²) in [7, 11) is 0. The fourth-order valence-corrected chi connectivity index (χ4v) is 8.82. The second-order valence-corrected chi connectivity index (χ2v) is 22.2. The van der Waals surface area contributed by atoms with Gasteiger partial charge in [-0.05, 0) is 81.5 Å². The molecule has 72 heavy (non-hydrogen) atoms. The minimum Gasteiger partial charge on any atom is -0.481 e. The highest BCUT2D eigenvalue weighted by Gasteiger charge is 2.37. The molecular weight excluding hydrogens is 925 g/mol. The van der Waals surface area contributed by atoms with Crippen molar-refractivity contribution in [2.24, 2.45) is 35.5 Å². The number of rotatable bonds is 24. The van der Waals surface area contributed by atoms with E-state index in [4.69, 9.17) is 4.74 Å². The lowest BCUT2D eigenvalue weighted by molar-refractivity contribution is -0.155. The van der Waals surface area contributed by atoms with Crippen LogP contribution in [0, 0.1) is 35.5 Å². The zero-order valence-corrected chi connectivity index (χ0v) is 45.9. The molecule has 0 radical (unpaired) electrons. The van der Waals surface area contributed by atoms with Crippen LogP contribution in [-0.2, 0) is 52.7 Å². The van der Waals surface area contributed by atoms with Crippen molar-refractivity contribution in [3.05, 3.63) is 0 Å². The van der Waals surface area contributed by atoms with Crippen molar-refractivity contribution < 1.29 is 57.8 Å². The summed E-state index contributed by atoms with van der Waals surface area (Å²) in [5, 5.41) is 25.9. The maximum absolute atomic E-state index is 14.2. The topological polar surface area (TPSA) is 272 Å². The monoisotopic (exact) mass is 1020 g/mol. The van der Waals surface area contributed by atoms with Gasteiger partial charge >= 0.3 is 11.9 Å². The summed E-state index contributed by atoms with van der Waals surface area (Å²) in [6, 6.07) is -7.62. The van der Waals surface area contributed by atoms with E-state index in [1.54, 1.807) is 13.8 Å². The first kappa shape index (κ1) is 65.1. The number of Topliss-reactive ketones (excluding diaryl/α,β-unsaturated/α-hetero) is 2. The van der Waals surface area contributed by atoms with Gasteiger partial charge in [-0.1, -0.05) is 128 Å². The van der Waals surface area contributed by atoms with Crippen molar-refractivity contribution in [2.75, 3.05) is 0 Å². The minimum absolute atomic E-state index is 0.110. The van der Waals surface area contributed by atoms with Gasteiger partial charge < -0.3 is 41.7 Å². The summed E-state index contributed by atoms with van der Waals surface area (Å²) < 4.78 is 6.06. The van der Waals surface area contributed by atoms with Crippen LogP contribution in [0.15, 0.2) is 0 Å². The minimum atomic E-state index is -1.43. The van der Waals surface area contributed by atoms with E-state index in [1.807, 2.05) is 55.4 Å². The van der Waals surface area contributed by atoms with Crippen molar-refractivity contribution >= 4 is 58.9 Å². The highest BCUT2D eigenvalue weighted by atomic mass is 16.5. The molecule has 1 aliphatic rings. The predicted molar refractivity (Wildman–Crippen MR) is 276 cm³/mol. The van der Waals surface area contributed by atoms with E-state index in [1.165, 1.54) is 19.8 Å². The van der Waals surface area contributed by atoms with Gasteiger partial charge in [0.05, 0.1) is 12.5 Å². The molecule has 8 unspecified atom stereocenters. The summed E-state index contributed by atoms with van der Waals surface area (Å²) in [4.78, 5) is 138. The number of hydrogen-bond donors (Lipinski definition) is 7. The maximum atomic E-state index is 14.2. The van der Waals surface area contributed by atoms with Crippen molar-refractivity contribution in [3.8, 4) is 0 Å². The number of unbranched alkanes of at least 4 members (excludes halogenated alkanes) is 8. The first-order valence-electron chi connectivity index (χ1n) is 27.0. The van der Waals surface area contributed by atoms with Crippen molar-refractivity contribution in [1.29, 1.82) is 0 Å². The standard InChI is InChI=1S/C54H94N6O12/c1-13-14-15-16-17-18-19-20-21-22-38-30-47(63)55-40(23-24-48(64)65)50(67)58-42(26-33(4)5)51(68)56-41(25-32(2)3)46(62)31-39(36(10)11)49(66)57-44(29-37(12)61)53(70)59-43(27-34(6)7)52(69)60-45(28-35(8)9)54(71)72-38/h32-36,38-45H,13-31H2,1-12H3,(H,55,63)(H,56,68)(H,57,66)(H,58,67)(H,59,70)(H,60,69)(H,64,65). The summed E-state index contributed by atoms with van der Waals surface area (Å²) in [5.41, 5.74) is 0. The number of carbonyl (C=O) groups is 10. The third-order valence-electron chi connectivity index (χ3n) is 12.7. The number of carbonyl (C=O) groups excluding carboxylic acids is 9. The van der Waals surface area contributed by atoms with E-state index < -0.39 is 132 Å². The van der Waals surface area contributed by atoms with E-state index in [9.17, 15) is 53.1 Å². The molecule has 0 aromatic heterocycles. The van der Waals surface area contributed by atoms with Crippen molar-refractivity contribution in [2.45, 2.75) is 247 Å². The van der Waals surface area contributed by atoms with Crippen LogP contribution in [0.25, 0.3) is 0 Å². The van der Waals surface area contributed by atoms with Crippen LogP contribution in [0.2, 0.25) is 0 Å². The molecule has 0 spiro atoms. The molecule has 6 amide bonds. The van der Waals surface area contributed by atoms with Gasteiger partial charge in [0.15, 0.2) is 5.78 Å². The van der Waals surface area contributed by atoms with Gasteiger partial charge in [-0.2, -0.15) is 0 Å². The van der Waals surface area contributed by atoms with Crippen LogP contribution in [0.1, 0.15) is 205 Å². The number of aliphatic carboxylic acids is 1. The average Bonchev–Trinajstić information content (AvgIpc) is 3.26. The normalized spacial score (nSPS) is 24.2. The summed E-state index contributed by atoms with van der Waals surface area (Å²) in [5.74, 6) is -9.44. The molecule has 18 heteroatoms. The Balaban J connectivity index is 3.97. The van der Waals surface area contributed by atoms with Crippen LogP contribution in [0.3, 0.4) is 0 Å². The number of carboxylic acid groups (broad SMARTS) is 1. The number of carboxylic acids is 1. The Morgan fingerprint density at radius 2 is 0.931 bits per heavy atom. The van der Waals surface area contributed by atoms with Crippen LogP contribution in [0.5, 0.6) is 0 Å². The van der Waals surface area contributed by atoms with Gasteiger partial charge in [0.1, 0.15) is 42.1 Å². The molecule has 0 saturated carbocycles. The second-order valence-electron chi connectivity index (χ2n) is 22.2. The fourth-order valence-electron chi connectivity index (χ4n) is 8.82. The Kier molecular flexibility index (Phi) is 31.2. The van der Waals surface area contributed by atoms with Gasteiger partial charge in [-0.25, -0.2) is 4.79 Å². The van der Waals surface area contributed by atoms with E-state index >= 15 is 0 Å². The van der Waals surface area contributed by atoms with Crippen LogP contribution in [0.4, 0.5) is 0 Å². The summed E-state index contributed by atoms with van der Waals surface area (Å²) >= 11 is 0. The molecule has 1 saturated heterocycles. The number of nitrogens with one attached hydrogen (secondary N) is 6. The second kappa shape index (κ2) is 34.5. The molecule has 1 aliphatic heterocycles. The molecular formula is C54H94N6O12. The Bertz CT molecular complexity index is 1770. The Morgan fingerprint density at radius 1 is 0.514 bits per heavy atom. The van der Waals surface area contributed by atoms with E-state index in [0.29, 0.717) is 6.42 Å². The first-order valence-corrected chi connectivity index (χ1v) is 27.0. The molecule has 0 aliphatic carbocycles. The highest BCUT2D eigenvalue weighted by Crippen LogP contribution is 2.22. The number of amides is 6. The molecule has 1 rings (SSSR count). The number of hydrogen-bond acceptors (Lipinski definition) is 11. The number of esters is 1. The lowest BCUT2D eigenvalue weighted by Gasteiger charge is -2.29. The summed E-state index contributed by atoms with van der Waals surface area (Å²) in [6.07, 6.45) is 6.86. The largest absolute Gasteiger partial charge is 0.481 e.